The van der Waals surface area contributed by atoms with Gasteiger partial charge < -0.3 is 5.11 Å². The molecule has 1 aromatic heterocycles. The van der Waals surface area contributed by atoms with E-state index >= 15 is 0 Å². The number of hydrogen-bond donors (Lipinski definition) is 2. The Labute approximate surface area is 100 Å². The highest BCUT2D eigenvalue weighted by molar-refractivity contribution is 7.09. The number of carboxylic acid groups (broad SMARTS) is 1. The number of nitrogens with one attached hydrogen (secondary N) is 1. The molecule has 1 heterocycles. The summed E-state index contributed by atoms with van der Waals surface area (Å²) < 4.78 is 0. The number of carboxylic acids is 1. The first-order valence-corrected chi connectivity index (χ1v) is 6.33. The summed E-state index contributed by atoms with van der Waals surface area (Å²) in [6.07, 6.45) is 0.633. The Balaban J connectivity index is 2.61. The van der Waals surface area contributed by atoms with E-state index in [4.69, 9.17) is 0 Å². The van der Waals surface area contributed by atoms with Crippen molar-refractivity contribution in [2.75, 3.05) is 0 Å². The lowest BCUT2D eigenvalue weighted by Gasteiger charge is -2.27. The van der Waals surface area contributed by atoms with Gasteiger partial charge in [0.05, 0.1) is 0 Å². The van der Waals surface area contributed by atoms with Gasteiger partial charge in [0.25, 0.3) is 0 Å². The van der Waals surface area contributed by atoms with E-state index in [0.29, 0.717) is 18.9 Å². The van der Waals surface area contributed by atoms with Gasteiger partial charge in [0.1, 0.15) is 5.54 Å². The van der Waals surface area contributed by atoms with E-state index in [1.165, 1.54) is 0 Å². The second-order valence-electron chi connectivity index (χ2n) is 4.67. The molecule has 0 aromatic carbocycles. The summed E-state index contributed by atoms with van der Waals surface area (Å²) in [6.45, 7) is 6.44. The fraction of sp³-hybridized carbons (Fsp3) is 0.583. The van der Waals surface area contributed by atoms with Crippen LogP contribution in [0.5, 0.6) is 0 Å². The molecule has 0 radical (unpaired) electrons. The monoisotopic (exact) mass is 241 g/mol. The molecule has 2 N–H and O–H groups in total. The van der Waals surface area contributed by atoms with Crippen molar-refractivity contribution in [3.8, 4) is 0 Å². The summed E-state index contributed by atoms with van der Waals surface area (Å²) in [7, 11) is 0. The zero-order valence-corrected chi connectivity index (χ0v) is 10.8. The highest BCUT2D eigenvalue weighted by Gasteiger charge is 2.33. The predicted molar refractivity (Wildman–Crippen MR) is 66.7 cm³/mol. The zero-order chi connectivity index (χ0) is 12.2. The van der Waals surface area contributed by atoms with E-state index in [-0.39, 0.29) is 0 Å². The molecule has 0 bridgehead atoms. The number of thiophene rings is 1. The van der Waals surface area contributed by atoms with E-state index in [2.05, 4.69) is 5.32 Å². The molecule has 0 saturated carbocycles. The maximum Gasteiger partial charge on any atom is 0.323 e. The molecule has 0 amide bonds. The molecule has 1 rings (SSSR count). The van der Waals surface area contributed by atoms with Crippen LogP contribution < -0.4 is 5.32 Å². The van der Waals surface area contributed by atoms with Crippen LogP contribution in [-0.2, 0) is 11.3 Å². The van der Waals surface area contributed by atoms with Crippen molar-refractivity contribution >= 4 is 17.3 Å². The fourth-order valence-electron chi connectivity index (χ4n) is 1.75. The Morgan fingerprint density at radius 2 is 2.31 bits per heavy atom. The van der Waals surface area contributed by atoms with Crippen LogP contribution in [0.15, 0.2) is 17.5 Å². The Morgan fingerprint density at radius 3 is 2.75 bits per heavy atom. The van der Waals surface area contributed by atoms with Crippen molar-refractivity contribution < 1.29 is 9.90 Å². The van der Waals surface area contributed by atoms with Crippen LogP contribution in [0.2, 0.25) is 0 Å². The van der Waals surface area contributed by atoms with Crippen molar-refractivity contribution in [1.29, 1.82) is 0 Å². The standard InChI is InChI=1S/C12H19NO2S/c1-9(2)7-12(3,11(14)15)13-8-10-5-4-6-16-10/h4-6,9,13H,7-8H2,1-3H3,(H,14,15). The minimum atomic E-state index is -0.835. The van der Waals surface area contributed by atoms with Gasteiger partial charge in [-0.25, -0.2) is 0 Å². The third-order valence-corrected chi connectivity index (χ3v) is 3.40. The summed E-state index contributed by atoms with van der Waals surface area (Å²) >= 11 is 1.64. The summed E-state index contributed by atoms with van der Waals surface area (Å²) in [5, 5.41) is 14.4. The maximum atomic E-state index is 11.3. The molecule has 0 aliphatic rings. The molecule has 0 spiro atoms. The van der Waals surface area contributed by atoms with Crippen LogP contribution in [0.25, 0.3) is 0 Å². The van der Waals surface area contributed by atoms with Crippen molar-refractivity contribution in [3.05, 3.63) is 22.4 Å². The summed E-state index contributed by atoms with van der Waals surface area (Å²) in [6, 6.07) is 3.98. The second-order valence-corrected chi connectivity index (χ2v) is 5.70. The summed E-state index contributed by atoms with van der Waals surface area (Å²) in [5.74, 6) is -0.422. The predicted octanol–water partition coefficient (Wildman–Crippen LogP) is 2.73. The average molecular weight is 241 g/mol. The molecule has 90 valence electrons. The van der Waals surface area contributed by atoms with Gasteiger partial charge in [0.2, 0.25) is 0 Å². The van der Waals surface area contributed by atoms with Crippen LogP contribution in [-0.4, -0.2) is 16.6 Å². The molecule has 1 atom stereocenters. The van der Waals surface area contributed by atoms with Gasteiger partial charge in [-0.1, -0.05) is 19.9 Å². The van der Waals surface area contributed by atoms with Crippen LogP contribution in [0.1, 0.15) is 32.1 Å². The SMILES string of the molecule is CC(C)CC(C)(NCc1cccs1)C(=O)O. The molecular formula is C12H19NO2S. The summed E-state index contributed by atoms with van der Waals surface area (Å²) in [4.78, 5) is 12.4. The zero-order valence-electron chi connectivity index (χ0n) is 9.99. The van der Waals surface area contributed by atoms with Gasteiger partial charge in [-0.05, 0) is 30.7 Å². The largest absolute Gasteiger partial charge is 0.480 e. The highest BCUT2D eigenvalue weighted by Crippen LogP contribution is 2.18. The minimum Gasteiger partial charge on any atom is -0.480 e. The fourth-order valence-corrected chi connectivity index (χ4v) is 2.39. The van der Waals surface area contributed by atoms with Gasteiger partial charge in [-0.3, -0.25) is 10.1 Å². The first-order chi connectivity index (χ1) is 7.44. The van der Waals surface area contributed by atoms with Crippen molar-refractivity contribution in [3.63, 3.8) is 0 Å². The van der Waals surface area contributed by atoms with Crippen LogP contribution in [0.4, 0.5) is 0 Å². The third-order valence-electron chi connectivity index (χ3n) is 2.52. The van der Waals surface area contributed by atoms with E-state index in [1.54, 1.807) is 18.3 Å². The Kier molecular flexibility index (Phi) is 4.50. The first kappa shape index (κ1) is 13.2. The van der Waals surface area contributed by atoms with Crippen molar-refractivity contribution in [1.82, 2.24) is 5.32 Å². The Hall–Kier alpha value is -0.870. The van der Waals surface area contributed by atoms with Crippen LogP contribution >= 0.6 is 11.3 Å². The topological polar surface area (TPSA) is 49.3 Å². The van der Waals surface area contributed by atoms with E-state index in [9.17, 15) is 9.90 Å². The van der Waals surface area contributed by atoms with E-state index in [0.717, 1.165) is 4.88 Å². The van der Waals surface area contributed by atoms with Gasteiger partial charge in [0, 0.05) is 11.4 Å². The normalized spacial score (nSPS) is 15.0. The second kappa shape index (κ2) is 5.46. The molecule has 0 aliphatic carbocycles. The van der Waals surface area contributed by atoms with Gasteiger partial charge in [-0.15, -0.1) is 11.3 Å². The molecule has 0 aliphatic heterocycles. The molecule has 0 fully saturated rings. The molecular weight excluding hydrogens is 222 g/mol. The first-order valence-electron chi connectivity index (χ1n) is 5.45. The molecule has 16 heavy (non-hydrogen) atoms. The number of hydrogen-bond acceptors (Lipinski definition) is 3. The third kappa shape index (κ3) is 3.61. The average Bonchev–Trinajstić information content (AvgIpc) is 2.65. The van der Waals surface area contributed by atoms with Crippen molar-refractivity contribution in [2.24, 2.45) is 5.92 Å². The van der Waals surface area contributed by atoms with Gasteiger partial charge >= 0.3 is 5.97 Å². The molecule has 4 heteroatoms. The lowest BCUT2D eigenvalue weighted by Crippen LogP contribution is -2.49. The Bertz CT molecular complexity index is 335. The van der Waals surface area contributed by atoms with Gasteiger partial charge in [-0.2, -0.15) is 0 Å². The lowest BCUT2D eigenvalue weighted by molar-refractivity contribution is -0.145. The van der Waals surface area contributed by atoms with Gasteiger partial charge in [0.15, 0.2) is 0 Å². The van der Waals surface area contributed by atoms with E-state index in [1.807, 2.05) is 31.4 Å². The molecule has 3 nitrogen and oxygen atoms in total. The lowest BCUT2D eigenvalue weighted by atomic mass is 9.91. The molecule has 0 saturated heterocycles. The maximum absolute atomic E-state index is 11.3. The number of rotatable bonds is 6. The van der Waals surface area contributed by atoms with Crippen LogP contribution in [0.3, 0.4) is 0 Å². The minimum absolute atomic E-state index is 0.358. The van der Waals surface area contributed by atoms with Crippen LogP contribution in [0, 0.1) is 5.92 Å². The van der Waals surface area contributed by atoms with E-state index < -0.39 is 11.5 Å². The highest BCUT2D eigenvalue weighted by atomic mass is 32.1. The molecule has 1 aromatic rings. The quantitative estimate of drug-likeness (QED) is 0.805. The number of aliphatic carboxylic acids is 1. The summed E-state index contributed by atoms with van der Waals surface area (Å²) in [5.41, 5.74) is -0.835. The smallest absolute Gasteiger partial charge is 0.323 e. The van der Waals surface area contributed by atoms with Crippen molar-refractivity contribution in [2.45, 2.75) is 39.3 Å². The Morgan fingerprint density at radius 1 is 1.62 bits per heavy atom. The number of carbonyl (C=O) groups is 1. The molecule has 1 unspecified atom stereocenters.